The van der Waals surface area contributed by atoms with Gasteiger partial charge in [0.1, 0.15) is 5.82 Å². The minimum atomic E-state index is -0.675. The Hall–Kier alpha value is -1.46. The molecule has 3 atom stereocenters. The predicted octanol–water partition coefficient (Wildman–Crippen LogP) is 1.98. The SMILES string of the molecule is NC(=O)CN1CC[C@]2(O)CCCC[C@H]2[C@@H]1c1ccc(F)cc1. The summed E-state index contributed by atoms with van der Waals surface area (Å²) in [7, 11) is 0. The molecule has 0 unspecified atom stereocenters. The molecule has 3 rings (SSSR count). The van der Waals surface area contributed by atoms with Gasteiger partial charge in [-0.25, -0.2) is 4.39 Å². The molecule has 0 radical (unpaired) electrons. The van der Waals surface area contributed by atoms with Crippen LogP contribution in [0.25, 0.3) is 0 Å². The van der Waals surface area contributed by atoms with Gasteiger partial charge in [0.25, 0.3) is 0 Å². The van der Waals surface area contributed by atoms with Crippen molar-refractivity contribution in [3.63, 3.8) is 0 Å². The zero-order valence-corrected chi connectivity index (χ0v) is 12.7. The van der Waals surface area contributed by atoms with Gasteiger partial charge in [0, 0.05) is 18.5 Å². The Labute approximate surface area is 130 Å². The summed E-state index contributed by atoms with van der Waals surface area (Å²) in [6, 6.07) is 6.32. The summed E-state index contributed by atoms with van der Waals surface area (Å²) >= 11 is 0. The second-order valence-corrected chi connectivity index (χ2v) is 6.64. The molecule has 2 fully saturated rings. The molecule has 4 nitrogen and oxygen atoms in total. The molecule has 1 aromatic carbocycles. The smallest absolute Gasteiger partial charge is 0.231 e. The second kappa shape index (κ2) is 5.97. The van der Waals surface area contributed by atoms with E-state index in [0.29, 0.717) is 13.0 Å². The van der Waals surface area contributed by atoms with Crippen LogP contribution >= 0.6 is 0 Å². The number of likely N-dealkylation sites (tertiary alicyclic amines) is 1. The molecule has 1 aromatic rings. The number of nitrogens with two attached hydrogens (primary N) is 1. The van der Waals surface area contributed by atoms with Gasteiger partial charge in [-0.15, -0.1) is 0 Å². The highest BCUT2D eigenvalue weighted by molar-refractivity contribution is 5.76. The Bertz CT molecular complexity index is 548. The zero-order chi connectivity index (χ0) is 15.7. The van der Waals surface area contributed by atoms with Gasteiger partial charge >= 0.3 is 0 Å². The van der Waals surface area contributed by atoms with Crippen LogP contribution in [0.5, 0.6) is 0 Å². The van der Waals surface area contributed by atoms with Crippen molar-refractivity contribution in [1.29, 1.82) is 0 Å². The van der Waals surface area contributed by atoms with E-state index in [1.165, 1.54) is 12.1 Å². The summed E-state index contributed by atoms with van der Waals surface area (Å²) in [5, 5.41) is 11.0. The van der Waals surface area contributed by atoms with Crippen LogP contribution in [-0.2, 0) is 4.79 Å². The molecule has 1 saturated heterocycles. The van der Waals surface area contributed by atoms with Crippen molar-refractivity contribution in [2.75, 3.05) is 13.1 Å². The number of piperidine rings is 1. The average Bonchev–Trinajstić information content (AvgIpc) is 2.48. The topological polar surface area (TPSA) is 66.6 Å². The Kier molecular flexibility index (Phi) is 4.19. The third-order valence-corrected chi connectivity index (χ3v) is 5.24. The van der Waals surface area contributed by atoms with Gasteiger partial charge in [-0.05, 0) is 37.0 Å². The lowest BCUT2D eigenvalue weighted by Crippen LogP contribution is -2.56. The molecule has 0 bridgehead atoms. The molecular formula is C17H23FN2O2. The van der Waals surface area contributed by atoms with E-state index < -0.39 is 5.60 Å². The number of fused-ring (bicyclic) bond motifs is 1. The number of carbonyl (C=O) groups is 1. The largest absolute Gasteiger partial charge is 0.389 e. The van der Waals surface area contributed by atoms with Crippen molar-refractivity contribution in [2.45, 2.75) is 43.7 Å². The van der Waals surface area contributed by atoms with E-state index in [1.54, 1.807) is 12.1 Å². The Morgan fingerprint density at radius 2 is 2.05 bits per heavy atom. The molecule has 3 N–H and O–H groups in total. The molecule has 120 valence electrons. The molecule has 2 aliphatic rings. The highest BCUT2D eigenvalue weighted by Crippen LogP contribution is 2.49. The number of nitrogens with zero attached hydrogens (tertiary/aromatic N) is 1. The number of aliphatic hydroxyl groups is 1. The van der Waals surface area contributed by atoms with Crippen LogP contribution in [0.4, 0.5) is 4.39 Å². The minimum absolute atomic E-state index is 0.0693. The highest BCUT2D eigenvalue weighted by atomic mass is 19.1. The van der Waals surface area contributed by atoms with E-state index in [0.717, 1.165) is 31.2 Å². The molecule has 22 heavy (non-hydrogen) atoms. The number of carbonyl (C=O) groups excluding carboxylic acids is 1. The van der Waals surface area contributed by atoms with Crippen molar-refractivity contribution in [3.8, 4) is 0 Å². The first-order chi connectivity index (χ1) is 10.5. The molecule has 1 saturated carbocycles. The van der Waals surface area contributed by atoms with Crippen molar-refractivity contribution in [1.82, 2.24) is 4.90 Å². The normalized spacial score (nSPS) is 32.5. The van der Waals surface area contributed by atoms with E-state index in [4.69, 9.17) is 5.73 Å². The van der Waals surface area contributed by atoms with Crippen molar-refractivity contribution >= 4 is 5.91 Å². The summed E-state index contributed by atoms with van der Waals surface area (Å²) in [6.45, 7) is 0.812. The number of hydrogen-bond donors (Lipinski definition) is 2. The van der Waals surface area contributed by atoms with Crippen molar-refractivity contribution < 1.29 is 14.3 Å². The zero-order valence-electron chi connectivity index (χ0n) is 12.7. The molecule has 1 aliphatic carbocycles. The van der Waals surface area contributed by atoms with Gasteiger partial charge in [-0.1, -0.05) is 25.0 Å². The van der Waals surface area contributed by atoms with Gasteiger partial charge in [0.2, 0.25) is 5.91 Å². The summed E-state index contributed by atoms with van der Waals surface area (Å²) in [5.41, 5.74) is 5.66. The number of amides is 1. The standard InChI is InChI=1S/C17H23FN2O2/c18-13-6-4-12(5-7-13)16-14-3-1-2-8-17(14,22)9-10-20(16)11-15(19)21/h4-7,14,16,22H,1-3,8-11H2,(H2,19,21)/t14-,16-,17+/m0/s1. The van der Waals surface area contributed by atoms with Gasteiger partial charge < -0.3 is 10.8 Å². The Morgan fingerprint density at radius 1 is 1.32 bits per heavy atom. The molecular weight excluding hydrogens is 283 g/mol. The first kappa shape index (κ1) is 15.4. The third-order valence-electron chi connectivity index (χ3n) is 5.24. The lowest BCUT2D eigenvalue weighted by molar-refractivity contribution is -0.136. The minimum Gasteiger partial charge on any atom is -0.389 e. The maximum Gasteiger partial charge on any atom is 0.231 e. The fraction of sp³-hybridized carbons (Fsp3) is 0.588. The van der Waals surface area contributed by atoms with Crippen LogP contribution in [0.2, 0.25) is 0 Å². The lowest BCUT2D eigenvalue weighted by atomic mass is 9.66. The Morgan fingerprint density at radius 3 is 2.73 bits per heavy atom. The Balaban J connectivity index is 1.96. The molecule has 1 heterocycles. The fourth-order valence-electron chi connectivity index (χ4n) is 4.22. The van der Waals surface area contributed by atoms with Crippen LogP contribution < -0.4 is 5.73 Å². The van der Waals surface area contributed by atoms with Crippen LogP contribution in [0.1, 0.15) is 43.7 Å². The summed E-state index contributed by atoms with van der Waals surface area (Å²) in [5.74, 6) is -0.576. The first-order valence-electron chi connectivity index (χ1n) is 8.00. The molecule has 1 aliphatic heterocycles. The predicted molar refractivity (Wildman–Crippen MR) is 81.4 cm³/mol. The van der Waals surface area contributed by atoms with Gasteiger partial charge in [0.15, 0.2) is 0 Å². The van der Waals surface area contributed by atoms with Crippen LogP contribution in [-0.4, -0.2) is 34.6 Å². The second-order valence-electron chi connectivity index (χ2n) is 6.64. The van der Waals surface area contributed by atoms with E-state index in [2.05, 4.69) is 0 Å². The number of halogens is 1. The highest BCUT2D eigenvalue weighted by Gasteiger charge is 2.48. The van der Waals surface area contributed by atoms with Crippen molar-refractivity contribution in [3.05, 3.63) is 35.6 Å². The summed E-state index contributed by atoms with van der Waals surface area (Å²) < 4.78 is 13.2. The van der Waals surface area contributed by atoms with Crippen LogP contribution in [0, 0.1) is 11.7 Å². The number of benzene rings is 1. The van der Waals surface area contributed by atoms with Gasteiger partial charge in [0.05, 0.1) is 12.1 Å². The maximum atomic E-state index is 13.2. The average molecular weight is 306 g/mol. The molecule has 0 spiro atoms. The van der Waals surface area contributed by atoms with Gasteiger partial charge in [-0.3, -0.25) is 9.69 Å². The number of primary amides is 1. The summed E-state index contributed by atoms with van der Waals surface area (Å²) in [4.78, 5) is 13.4. The maximum absolute atomic E-state index is 13.2. The van der Waals surface area contributed by atoms with E-state index in [9.17, 15) is 14.3 Å². The monoisotopic (exact) mass is 306 g/mol. The van der Waals surface area contributed by atoms with Crippen LogP contribution in [0.15, 0.2) is 24.3 Å². The van der Waals surface area contributed by atoms with Crippen LogP contribution in [0.3, 0.4) is 0 Å². The van der Waals surface area contributed by atoms with E-state index in [1.807, 2.05) is 4.90 Å². The third kappa shape index (κ3) is 2.88. The summed E-state index contributed by atoms with van der Waals surface area (Å²) in [6.07, 6.45) is 4.52. The van der Waals surface area contributed by atoms with E-state index >= 15 is 0 Å². The first-order valence-corrected chi connectivity index (χ1v) is 8.00. The molecule has 5 heteroatoms. The molecule has 1 amide bonds. The number of rotatable bonds is 3. The van der Waals surface area contributed by atoms with E-state index in [-0.39, 0.29) is 30.2 Å². The number of hydrogen-bond acceptors (Lipinski definition) is 3. The molecule has 0 aromatic heterocycles. The lowest BCUT2D eigenvalue weighted by Gasteiger charge is -2.52. The van der Waals surface area contributed by atoms with Crippen molar-refractivity contribution in [2.24, 2.45) is 11.7 Å². The van der Waals surface area contributed by atoms with Gasteiger partial charge in [-0.2, -0.15) is 0 Å². The fourth-order valence-corrected chi connectivity index (χ4v) is 4.22. The quantitative estimate of drug-likeness (QED) is 0.897.